The Hall–Kier alpha value is -1.87. The van der Waals surface area contributed by atoms with Gasteiger partial charge in [-0.2, -0.15) is 0 Å². The smallest absolute Gasteiger partial charge is 0.237 e. The molecule has 0 aliphatic carbocycles. The van der Waals surface area contributed by atoms with Crippen molar-refractivity contribution in [2.75, 3.05) is 22.2 Å². The molecule has 1 atom stereocenters. The van der Waals surface area contributed by atoms with Crippen molar-refractivity contribution in [2.45, 2.75) is 37.9 Å². The predicted octanol–water partition coefficient (Wildman–Crippen LogP) is 2.33. The highest BCUT2D eigenvalue weighted by Gasteiger charge is 2.29. The van der Waals surface area contributed by atoms with E-state index < -0.39 is 9.84 Å². The molecule has 1 fully saturated rings. The molecular formula is C19H26N4O3S2. The van der Waals surface area contributed by atoms with Crippen LogP contribution >= 0.6 is 11.8 Å². The summed E-state index contributed by atoms with van der Waals surface area (Å²) >= 11 is 1.35. The first-order chi connectivity index (χ1) is 13.3. The number of nitrogens with zero attached hydrogens (tertiary/aromatic N) is 4. The van der Waals surface area contributed by atoms with E-state index in [0.29, 0.717) is 18.0 Å². The van der Waals surface area contributed by atoms with Crippen LogP contribution in [-0.2, 0) is 28.1 Å². The van der Waals surface area contributed by atoms with Gasteiger partial charge in [0.2, 0.25) is 5.91 Å². The van der Waals surface area contributed by atoms with Gasteiger partial charge in [0.1, 0.15) is 5.82 Å². The fourth-order valence-corrected chi connectivity index (χ4v) is 6.11. The number of para-hydroxylation sites is 1. The van der Waals surface area contributed by atoms with Gasteiger partial charge in [-0.15, -0.1) is 10.2 Å². The summed E-state index contributed by atoms with van der Waals surface area (Å²) in [5.41, 5.74) is 0.879. The lowest BCUT2D eigenvalue weighted by Gasteiger charge is -2.26. The van der Waals surface area contributed by atoms with Gasteiger partial charge in [-0.05, 0) is 38.3 Å². The van der Waals surface area contributed by atoms with Gasteiger partial charge in [-0.1, -0.05) is 30.0 Å². The maximum absolute atomic E-state index is 12.8. The third-order valence-corrected chi connectivity index (χ3v) is 7.71. The Balaban J connectivity index is 1.63. The number of amides is 1. The predicted molar refractivity (Wildman–Crippen MR) is 111 cm³/mol. The first-order valence-corrected chi connectivity index (χ1v) is 12.2. The average molecular weight is 423 g/mol. The number of carbonyl (C=O) groups is 1. The minimum absolute atomic E-state index is 0.0117. The number of hydrogen-bond acceptors (Lipinski definition) is 6. The molecular weight excluding hydrogens is 396 g/mol. The Bertz CT molecular complexity index is 926. The van der Waals surface area contributed by atoms with Crippen LogP contribution in [0.2, 0.25) is 0 Å². The number of aromatic nitrogens is 3. The van der Waals surface area contributed by atoms with Gasteiger partial charge in [0.15, 0.2) is 15.0 Å². The third-order valence-electron chi connectivity index (χ3n) is 4.87. The lowest BCUT2D eigenvalue weighted by atomic mass is 10.1. The monoisotopic (exact) mass is 422 g/mol. The maximum atomic E-state index is 12.8. The number of thioether (sulfide) groups is 1. The summed E-state index contributed by atoms with van der Waals surface area (Å²) in [6, 6.07) is 9.68. The first kappa shape index (κ1) is 20.9. The van der Waals surface area contributed by atoms with Crippen LogP contribution in [0.15, 0.2) is 35.5 Å². The molecule has 3 rings (SSSR count). The van der Waals surface area contributed by atoms with Gasteiger partial charge in [-0.25, -0.2) is 8.42 Å². The minimum Gasteiger partial charge on any atom is -0.309 e. The zero-order valence-corrected chi connectivity index (χ0v) is 18.0. The topological polar surface area (TPSA) is 85.2 Å². The molecule has 0 spiro atoms. The van der Waals surface area contributed by atoms with Crippen molar-refractivity contribution in [1.29, 1.82) is 0 Å². The Morgan fingerprint density at radius 3 is 2.61 bits per heavy atom. The standard InChI is InChI=1S/C19H26N4O3S2/c1-14(2)23(16-7-5-4-6-8-16)18(24)12-27-19-21-20-17(22(19)3)11-15-9-10-28(25,26)13-15/h4-8,14-15H,9-13H2,1-3H3/t15-/m0/s1. The van der Waals surface area contributed by atoms with Crippen LogP contribution < -0.4 is 4.90 Å². The Kier molecular flexibility index (Phi) is 6.44. The fourth-order valence-electron chi connectivity index (χ4n) is 3.45. The van der Waals surface area contributed by atoms with Crippen molar-refractivity contribution >= 4 is 33.2 Å². The van der Waals surface area contributed by atoms with Gasteiger partial charge in [-0.3, -0.25) is 4.79 Å². The molecule has 9 heteroatoms. The Morgan fingerprint density at radius 2 is 2.00 bits per heavy atom. The second-order valence-corrected chi connectivity index (χ2v) is 10.6. The molecule has 1 saturated heterocycles. The minimum atomic E-state index is -2.90. The van der Waals surface area contributed by atoms with E-state index in [1.165, 1.54) is 11.8 Å². The van der Waals surface area contributed by atoms with Crippen molar-refractivity contribution in [3.63, 3.8) is 0 Å². The lowest BCUT2D eigenvalue weighted by Crippen LogP contribution is -2.38. The van der Waals surface area contributed by atoms with E-state index in [9.17, 15) is 13.2 Å². The van der Waals surface area contributed by atoms with Crippen molar-refractivity contribution in [2.24, 2.45) is 13.0 Å². The van der Waals surface area contributed by atoms with E-state index >= 15 is 0 Å². The Morgan fingerprint density at radius 1 is 1.29 bits per heavy atom. The lowest BCUT2D eigenvalue weighted by molar-refractivity contribution is -0.116. The fraction of sp³-hybridized carbons (Fsp3) is 0.526. The molecule has 0 N–H and O–H groups in total. The molecule has 2 aromatic rings. The largest absolute Gasteiger partial charge is 0.309 e. The maximum Gasteiger partial charge on any atom is 0.237 e. The van der Waals surface area contributed by atoms with Crippen LogP contribution in [0.1, 0.15) is 26.1 Å². The van der Waals surface area contributed by atoms with Crippen LogP contribution in [0.4, 0.5) is 5.69 Å². The molecule has 1 aliphatic rings. The number of carbonyl (C=O) groups excluding carboxylic acids is 1. The highest BCUT2D eigenvalue weighted by molar-refractivity contribution is 7.99. The van der Waals surface area contributed by atoms with E-state index in [0.717, 1.165) is 11.5 Å². The molecule has 152 valence electrons. The van der Waals surface area contributed by atoms with E-state index in [1.54, 1.807) is 4.90 Å². The number of hydrogen-bond donors (Lipinski definition) is 0. The molecule has 0 bridgehead atoms. The molecule has 1 aromatic heterocycles. The number of benzene rings is 1. The van der Waals surface area contributed by atoms with Gasteiger partial charge in [0.05, 0.1) is 17.3 Å². The van der Waals surface area contributed by atoms with Gasteiger partial charge in [0, 0.05) is 25.2 Å². The quantitative estimate of drug-likeness (QED) is 0.637. The van der Waals surface area contributed by atoms with E-state index in [2.05, 4.69) is 10.2 Å². The van der Waals surface area contributed by atoms with Crippen LogP contribution in [0.5, 0.6) is 0 Å². The SMILES string of the molecule is CC(C)N(C(=O)CSc1nnc(C[C@@H]2CCS(=O)(=O)C2)n1C)c1ccccc1. The van der Waals surface area contributed by atoms with Crippen LogP contribution in [0.3, 0.4) is 0 Å². The average Bonchev–Trinajstić information content (AvgIpc) is 3.16. The number of sulfone groups is 1. The molecule has 0 radical (unpaired) electrons. The van der Waals surface area contributed by atoms with Gasteiger partial charge in [0.25, 0.3) is 0 Å². The Labute approximate surface area is 170 Å². The number of anilines is 1. The first-order valence-electron chi connectivity index (χ1n) is 9.35. The second kappa shape index (κ2) is 8.65. The van der Waals surface area contributed by atoms with Crippen LogP contribution in [-0.4, -0.2) is 52.4 Å². The summed E-state index contributed by atoms with van der Waals surface area (Å²) < 4.78 is 25.2. The van der Waals surface area contributed by atoms with E-state index in [4.69, 9.17) is 0 Å². The van der Waals surface area contributed by atoms with Crippen molar-refractivity contribution in [3.8, 4) is 0 Å². The zero-order valence-electron chi connectivity index (χ0n) is 16.4. The summed E-state index contributed by atoms with van der Waals surface area (Å²) in [4.78, 5) is 14.6. The van der Waals surface area contributed by atoms with Crippen LogP contribution in [0.25, 0.3) is 0 Å². The zero-order chi connectivity index (χ0) is 20.3. The molecule has 2 heterocycles. The van der Waals surface area contributed by atoms with E-state index in [-0.39, 0.29) is 35.1 Å². The summed E-state index contributed by atoms with van der Waals surface area (Å²) in [5, 5.41) is 9.08. The van der Waals surface area contributed by atoms with Crippen LogP contribution in [0, 0.1) is 5.92 Å². The molecule has 1 amide bonds. The summed E-state index contributed by atoms with van der Waals surface area (Å²) in [6.45, 7) is 3.98. The summed E-state index contributed by atoms with van der Waals surface area (Å²) in [7, 11) is -1.04. The van der Waals surface area contributed by atoms with Gasteiger partial charge < -0.3 is 9.47 Å². The van der Waals surface area contributed by atoms with Crippen molar-refractivity contribution < 1.29 is 13.2 Å². The normalized spacial score (nSPS) is 18.5. The molecule has 1 aliphatic heterocycles. The molecule has 1 aromatic carbocycles. The molecule has 28 heavy (non-hydrogen) atoms. The molecule has 0 unspecified atom stereocenters. The summed E-state index contributed by atoms with van der Waals surface area (Å²) in [5.74, 6) is 1.62. The molecule has 0 saturated carbocycles. The van der Waals surface area contributed by atoms with Crippen molar-refractivity contribution in [1.82, 2.24) is 14.8 Å². The van der Waals surface area contributed by atoms with E-state index in [1.807, 2.05) is 55.8 Å². The highest BCUT2D eigenvalue weighted by atomic mass is 32.2. The second-order valence-electron chi connectivity index (χ2n) is 7.41. The third kappa shape index (κ3) is 4.94. The highest BCUT2D eigenvalue weighted by Crippen LogP contribution is 2.25. The summed E-state index contributed by atoms with van der Waals surface area (Å²) in [6.07, 6.45) is 1.27. The number of rotatable bonds is 7. The molecule has 7 nitrogen and oxygen atoms in total. The van der Waals surface area contributed by atoms with Gasteiger partial charge >= 0.3 is 0 Å². The van der Waals surface area contributed by atoms with Crippen molar-refractivity contribution in [3.05, 3.63) is 36.2 Å².